The highest BCUT2D eigenvalue weighted by molar-refractivity contribution is 5.25. The Morgan fingerprint density at radius 3 is 2.23 bits per heavy atom. The zero-order valence-corrected chi connectivity index (χ0v) is 25.4. The quantitative estimate of drug-likeness (QED) is 0.404. The molecule has 2 heteroatoms. The predicted molar refractivity (Wildman–Crippen MR) is 148 cm³/mol. The van der Waals surface area contributed by atoms with E-state index in [-0.39, 0.29) is 11.5 Å². The summed E-state index contributed by atoms with van der Waals surface area (Å²) in [5, 5.41) is 10.8. The molecule has 35 heavy (non-hydrogen) atoms. The van der Waals surface area contributed by atoms with Crippen molar-refractivity contribution in [2.75, 3.05) is 0 Å². The van der Waals surface area contributed by atoms with Crippen LogP contribution >= 0.6 is 0 Å². The fourth-order valence-corrected chi connectivity index (χ4v) is 10.3. The highest BCUT2D eigenvalue weighted by Gasteiger charge is 2.77. The number of rotatable bonds is 6. The van der Waals surface area contributed by atoms with Gasteiger partial charge < -0.3 is 9.84 Å². The lowest BCUT2D eigenvalue weighted by atomic mass is 9.46. The maximum absolute atomic E-state index is 10.8. The molecule has 0 aromatic rings. The molecule has 0 amide bonds. The third kappa shape index (κ3) is 4.47. The molecule has 1 aliphatic heterocycles. The zero-order valence-electron chi connectivity index (χ0n) is 25.4. The van der Waals surface area contributed by atoms with E-state index >= 15 is 0 Å². The molecule has 204 valence electrons. The Kier molecular flexibility index (Phi) is 6.96. The summed E-state index contributed by atoms with van der Waals surface area (Å²) in [6.45, 7) is 26.6. The van der Waals surface area contributed by atoms with Gasteiger partial charge in [-0.3, -0.25) is 0 Å². The molecule has 4 rings (SSSR count). The Morgan fingerprint density at radius 2 is 1.66 bits per heavy atom. The van der Waals surface area contributed by atoms with Crippen LogP contribution in [0.4, 0.5) is 0 Å². The summed E-state index contributed by atoms with van der Waals surface area (Å²) in [6.07, 6.45) is 13.3. The first kappa shape index (κ1) is 27.9. The molecule has 10 atom stereocenters. The molecule has 1 heterocycles. The first-order valence-corrected chi connectivity index (χ1v) is 15.3. The van der Waals surface area contributed by atoms with Crippen LogP contribution in [-0.4, -0.2) is 23.4 Å². The minimum atomic E-state index is -0.200. The Hall–Kier alpha value is -0.0800. The Balaban J connectivity index is 1.59. The van der Waals surface area contributed by atoms with Gasteiger partial charge in [-0.1, -0.05) is 82.6 Å². The third-order valence-electron chi connectivity index (χ3n) is 12.4. The minimum absolute atomic E-state index is 0.0173. The summed E-state index contributed by atoms with van der Waals surface area (Å²) in [7, 11) is 0. The summed E-state index contributed by atoms with van der Waals surface area (Å²) < 4.78 is 7.03. The van der Waals surface area contributed by atoms with E-state index in [9.17, 15) is 5.11 Å². The van der Waals surface area contributed by atoms with Crippen LogP contribution < -0.4 is 0 Å². The van der Waals surface area contributed by atoms with Gasteiger partial charge in [0.05, 0.1) is 18.3 Å². The monoisotopic (exact) mass is 488 g/mol. The van der Waals surface area contributed by atoms with Gasteiger partial charge in [0.1, 0.15) is 0 Å². The molecule has 1 saturated heterocycles. The summed E-state index contributed by atoms with van der Waals surface area (Å²) in [5.74, 6) is 2.27. The van der Waals surface area contributed by atoms with E-state index in [0.717, 1.165) is 18.3 Å². The topological polar surface area (TPSA) is 29.5 Å². The lowest BCUT2D eigenvalue weighted by molar-refractivity contribution is -0.139. The smallest absolute Gasteiger partial charge is 0.0620 e. The van der Waals surface area contributed by atoms with Crippen molar-refractivity contribution in [3.8, 4) is 0 Å². The summed E-state index contributed by atoms with van der Waals surface area (Å²) >= 11 is 0. The number of fused-ring (bicyclic) bond motifs is 3. The number of hydrogen-bond acceptors (Lipinski definition) is 2. The van der Waals surface area contributed by atoms with Crippen molar-refractivity contribution < 1.29 is 9.84 Å². The van der Waals surface area contributed by atoms with E-state index in [1.165, 1.54) is 57.8 Å². The van der Waals surface area contributed by atoms with Crippen molar-refractivity contribution in [1.82, 2.24) is 0 Å². The second-order valence-corrected chi connectivity index (χ2v) is 17.0. The van der Waals surface area contributed by atoms with Crippen LogP contribution in [0.25, 0.3) is 0 Å². The van der Waals surface area contributed by atoms with Crippen LogP contribution in [0.3, 0.4) is 0 Å². The number of aliphatic hydroxyl groups excluding tert-OH is 1. The predicted octanol–water partition coefficient (Wildman–Crippen LogP) is 9.04. The average molecular weight is 489 g/mol. The van der Waals surface area contributed by atoms with Crippen molar-refractivity contribution in [3.05, 3.63) is 0 Å². The maximum Gasteiger partial charge on any atom is 0.0620 e. The van der Waals surface area contributed by atoms with Crippen LogP contribution in [-0.2, 0) is 4.74 Å². The first-order chi connectivity index (χ1) is 15.9. The van der Waals surface area contributed by atoms with Gasteiger partial charge in [-0.25, -0.2) is 0 Å². The highest BCUT2D eigenvalue weighted by Crippen LogP contribution is 2.83. The molecule has 3 saturated carbocycles. The number of ether oxygens (including phenoxy) is 1. The molecule has 1 spiro atoms. The van der Waals surface area contributed by atoms with E-state index in [4.69, 9.17) is 4.74 Å². The number of hydrogen-bond donors (Lipinski definition) is 1. The largest absolute Gasteiger partial charge is 0.393 e. The van der Waals surface area contributed by atoms with Crippen LogP contribution in [0.5, 0.6) is 0 Å². The lowest BCUT2D eigenvalue weighted by Gasteiger charge is -2.59. The van der Waals surface area contributed by atoms with Crippen molar-refractivity contribution in [1.29, 1.82) is 0 Å². The van der Waals surface area contributed by atoms with E-state index in [0.29, 0.717) is 45.2 Å². The van der Waals surface area contributed by atoms with E-state index < -0.39 is 0 Å². The third-order valence-corrected chi connectivity index (χ3v) is 12.4. The fourth-order valence-electron chi connectivity index (χ4n) is 10.3. The van der Waals surface area contributed by atoms with Gasteiger partial charge >= 0.3 is 0 Å². The Morgan fingerprint density at radius 1 is 1.00 bits per heavy atom. The summed E-state index contributed by atoms with van der Waals surface area (Å²) in [5.41, 5.74) is 1.95. The van der Waals surface area contributed by atoms with Crippen LogP contribution in [0.15, 0.2) is 0 Å². The van der Waals surface area contributed by atoms with Gasteiger partial charge in [0.25, 0.3) is 0 Å². The summed E-state index contributed by atoms with van der Waals surface area (Å²) in [4.78, 5) is 0. The maximum atomic E-state index is 10.8. The second-order valence-electron chi connectivity index (χ2n) is 17.0. The number of aliphatic hydroxyl groups is 1. The van der Waals surface area contributed by atoms with E-state index in [2.05, 4.69) is 76.2 Å². The molecule has 3 aliphatic carbocycles. The standard InChI is InChI=1S/C33H60O2/c1-12-13-25-32(11)20-24-27(22(2)18-23(35-24)19-28(3,4)5)31(32,10)16-17-33(25)21-30(33,9)15-14-26(34)29(6,7)8/h22-27,34H,12-21H2,1-11H3/t22-,23?,24?,25+,26+,27?,30?,31-,32+,33+/m1/s1. The molecule has 0 bridgehead atoms. The van der Waals surface area contributed by atoms with E-state index in [1.54, 1.807) is 0 Å². The van der Waals surface area contributed by atoms with Crippen LogP contribution in [0.2, 0.25) is 0 Å². The Labute approximate surface area is 218 Å². The summed E-state index contributed by atoms with van der Waals surface area (Å²) in [6, 6.07) is 0. The van der Waals surface area contributed by atoms with Crippen molar-refractivity contribution in [3.63, 3.8) is 0 Å². The molecule has 0 radical (unpaired) electrons. The first-order valence-electron chi connectivity index (χ1n) is 15.3. The zero-order chi connectivity index (χ0) is 26.2. The van der Waals surface area contributed by atoms with Gasteiger partial charge in [0.15, 0.2) is 0 Å². The normalized spacial score (nSPS) is 48.5. The molecular weight excluding hydrogens is 428 g/mol. The van der Waals surface area contributed by atoms with Gasteiger partial charge in [0.2, 0.25) is 0 Å². The van der Waals surface area contributed by atoms with Gasteiger partial charge in [-0.2, -0.15) is 0 Å². The second kappa shape index (κ2) is 8.72. The van der Waals surface area contributed by atoms with Gasteiger partial charge in [0, 0.05) is 0 Å². The molecule has 2 nitrogen and oxygen atoms in total. The van der Waals surface area contributed by atoms with Crippen molar-refractivity contribution >= 4 is 0 Å². The molecule has 0 aromatic carbocycles. The van der Waals surface area contributed by atoms with Crippen LogP contribution in [0.1, 0.15) is 140 Å². The molecule has 4 unspecified atom stereocenters. The van der Waals surface area contributed by atoms with Crippen LogP contribution in [0, 0.1) is 50.2 Å². The van der Waals surface area contributed by atoms with Gasteiger partial charge in [-0.15, -0.1) is 0 Å². The van der Waals surface area contributed by atoms with Gasteiger partial charge in [-0.05, 0) is 108 Å². The molecule has 0 aromatic heterocycles. The molecular formula is C33H60O2. The molecule has 1 N–H and O–H groups in total. The van der Waals surface area contributed by atoms with Crippen molar-refractivity contribution in [2.45, 2.75) is 159 Å². The molecule has 4 fully saturated rings. The Bertz CT molecular complexity index is 775. The fraction of sp³-hybridized carbons (Fsp3) is 1.00. The lowest BCUT2D eigenvalue weighted by Crippen LogP contribution is -2.53. The van der Waals surface area contributed by atoms with Crippen molar-refractivity contribution in [2.24, 2.45) is 50.2 Å². The SMILES string of the molecule is CCC[C@@H]1[C@]2(CC[C@]3(C)C4C(C[C@@]13C)OC(CC(C)(C)C)C[C@H]4C)CC2(C)CC[C@H](O)C(C)(C)C. The minimum Gasteiger partial charge on any atom is -0.393 e. The van der Waals surface area contributed by atoms with E-state index in [1.807, 2.05) is 0 Å². The molecule has 4 aliphatic rings. The average Bonchev–Trinajstić information content (AvgIpc) is 3.20. The highest BCUT2D eigenvalue weighted by atomic mass is 16.5.